The van der Waals surface area contributed by atoms with Gasteiger partial charge in [0.15, 0.2) is 0 Å². The van der Waals surface area contributed by atoms with Crippen molar-refractivity contribution in [3.63, 3.8) is 0 Å². The number of rotatable bonds is 5. The molecule has 5 heteroatoms. The van der Waals surface area contributed by atoms with Crippen LogP contribution in [0.1, 0.15) is 22.5 Å². The molecule has 0 saturated carbocycles. The molecule has 3 rings (SSSR count). The van der Waals surface area contributed by atoms with Gasteiger partial charge in [-0.15, -0.1) is 11.3 Å². The quantitative estimate of drug-likeness (QED) is 0.834. The molecule has 1 unspecified atom stereocenters. The molecule has 24 heavy (non-hydrogen) atoms. The first kappa shape index (κ1) is 17.0. The predicted molar refractivity (Wildman–Crippen MR) is 99.8 cm³/mol. The van der Waals surface area contributed by atoms with Crippen molar-refractivity contribution in [2.45, 2.75) is 12.8 Å². The van der Waals surface area contributed by atoms with Gasteiger partial charge in [0.05, 0.1) is 12.8 Å². The van der Waals surface area contributed by atoms with E-state index in [0.717, 1.165) is 29.2 Å². The average molecular weight is 344 g/mol. The summed E-state index contributed by atoms with van der Waals surface area (Å²) in [5.74, 6) is 0.347. The Balaban J connectivity index is 1.77. The molecular formula is C19H24N2O2S. The molecule has 1 saturated heterocycles. The average Bonchev–Trinajstić information content (AvgIpc) is 3.04. The Labute approximate surface area is 147 Å². The number of ether oxygens (including phenoxy) is 1. The number of hydrogen-bond acceptors (Lipinski definition) is 5. The van der Waals surface area contributed by atoms with Gasteiger partial charge in [-0.05, 0) is 44.0 Å². The number of anilines is 1. The summed E-state index contributed by atoms with van der Waals surface area (Å²) in [4.78, 5) is 16.2. The molecule has 1 atom stereocenters. The van der Waals surface area contributed by atoms with Crippen LogP contribution in [-0.4, -0.2) is 44.7 Å². The third kappa shape index (κ3) is 3.97. The normalized spacial score (nSPS) is 18.3. The Morgan fingerprint density at radius 3 is 2.88 bits per heavy atom. The Morgan fingerprint density at radius 2 is 2.17 bits per heavy atom. The number of methoxy groups -OCH3 is 1. The number of hydrogen-bond donors (Lipinski definition) is 1. The summed E-state index contributed by atoms with van der Waals surface area (Å²) in [5.41, 5.74) is 2.01. The van der Waals surface area contributed by atoms with Gasteiger partial charge >= 0.3 is 5.97 Å². The lowest BCUT2D eigenvalue weighted by molar-refractivity contribution is 0.0607. The van der Waals surface area contributed by atoms with Crippen molar-refractivity contribution in [3.05, 3.63) is 41.3 Å². The number of likely N-dealkylation sites (tertiary alicyclic amines) is 1. The van der Waals surface area contributed by atoms with Crippen molar-refractivity contribution in [1.82, 2.24) is 4.90 Å². The van der Waals surface area contributed by atoms with Crippen molar-refractivity contribution in [2.24, 2.45) is 5.92 Å². The topological polar surface area (TPSA) is 41.6 Å². The van der Waals surface area contributed by atoms with E-state index in [1.165, 1.54) is 37.8 Å². The number of nitrogens with one attached hydrogen (secondary N) is 1. The lowest BCUT2D eigenvalue weighted by Crippen LogP contribution is -2.35. The van der Waals surface area contributed by atoms with Crippen molar-refractivity contribution in [3.8, 4) is 10.4 Å². The second-order valence-electron chi connectivity index (χ2n) is 6.36. The monoisotopic (exact) mass is 344 g/mol. The van der Waals surface area contributed by atoms with Gasteiger partial charge in [-0.25, -0.2) is 4.79 Å². The second kappa shape index (κ2) is 7.81. The lowest BCUT2D eigenvalue weighted by atomic mass is 9.98. The lowest BCUT2D eigenvalue weighted by Gasteiger charge is -2.29. The van der Waals surface area contributed by atoms with E-state index >= 15 is 0 Å². The summed E-state index contributed by atoms with van der Waals surface area (Å²) in [6, 6.07) is 12.2. The van der Waals surface area contributed by atoms with Gasteiger partial charge in [0, 0.05) is 18.0 Å². The van der Waals surface area contributed by atoms with Gasteiger partial charge in [0.2, 0.25) is 0 Å². The van der Waals surface area contributed by atoms with E-state index in [4.69, 9.17) is 4.74 Å². The summed E-state index contributed by atoms with van der Waals surface area (Å²) < 4.78 is 4.96. The van der Waals surface area contributed by atoms with Gasteiger partial charge in [-0.3, -0.25) is 0 Å². The van der Waals surface area contributed by atoms with Crippen molar-refractivity contribution >= 4 is 23.0 Å². The molecule has 0 amide bonds. The number of piperidine rings is 1. The highest BCUT2D eigenvalue weighted by Gasteiger charge is 2.21. The van der Waals surface area contributed by atoms with Gasteiger partial charge < -0.3 is 15.0 Å². The zero-order valence-corrected chi connectivity index (χ0v) is 15.1. The van der Waals surface area contributed by atoms with Crippen LogP contribution in [-0.2, 0) is 4.74 Å². The fraction of sp³-hybridized carbons (Fsp3) is 0.421. The smallest absolute Gasteiger partial charge is 0.350 e. The minimum absolute atomic E-state index is 0.273. The fourth-order valence-corrected chi connectivity index (χ4v) is 4.26. The first-order valence-electron chi connectivity index (χ1n) is 8.37. The Morgan fingerprint density at radius 1 is 1.38 bits per heavy atom. The standard InChI is InChI=1S/C19H24N2O2S/c1-21-10-6-7-14(13-21)12-20-16-11-17(15-8-4-3-5-9-15)24-18(16)19(22)23-2/h3-5,8-9,11,14,20H,6-7,10,12-13H2,1-2H3. The highest BCUT2D eigenvalue weighted by molar-refractivity contribution is 7.18. The van der Waals surface area contributed by atoms with Crippen LogP contribution in [0.5, 0.6) is 0 Å². The molecule has 4 nitrogen and oxygen atoms in total. The minimum Gasteiger partial charge on any atom is -0.465 e. The second-order valence-corrected chi connectivity index (χ2v) is 7.41. The van der Waals surface area contributed by atoms with Crippen LogP contribution in [0.3, 0.4) is 0 Å². The molecule has 1 fully saturated rings. The molecule has 1 N–H and O–H groups in total. The number of benzene rings is 1. The minimum atomic E-state index is -0.273. The molecule has 1 aliphatic rings. The molecule has 0 spiro atoms. The molecular weight excluding hydrogens is 320 g/mol. The van der Waals surface area contributed by atoms with Crippen LogP contribution < -0.4 is 5.32 Å². The number of nitrogens with zero attached hydrogens (tertiary/aromatic N) is 1. The SMILES string of the molecule is COC(=O)c1sc(-c2ccccc2)cc1NCC1CCCN(C)C1. The molecule has 1 aromatic heterocycles. The molecule has 0 radical (unpaired) electrons. The van der Waals surface area contributed by atoms with E-state index in [0.29, 0.717) is 10.8 Å². The van der Waals surface area contributed by atoms with Crippen LogP contribution >= 0.6 is 11.3 Å². The summed E-state index contributed by atoms with van der Waals surface area (Å²) in [6.07, 6.45) is 2.48. The van der Waals surface area contributed by atoms with Crippen LogP contribution in [0.25, 0.3) is 10.4 Å². The van der Waals surface area contributed by atoms with Crippen molar-refractivity contribution in [1.29, 1.82) is 0 Å². The molecule has 1 aliphatic heterocycles. The Bertz CT molecular complexity index is 684. The van der Waals surface area contributed by atoms with Crippen molar-refractivity contribution < 1.29 is 9.53 Å². The maximum Gasteiger partial charge on any atom is 0.350 e. The van der Waals surface area contributed by atoms with Gasteiger partial charge in [-0.2, -0.15) is 0 Å². The third-order valence-corrected chi connectivity index (χ3v) is 5.63. The van der Waals surface area contributed by atoms with Gasteiger partial charge in [0.25, 0.3) is 0 Å². The van der Waals surface area contributed by atoms with Crippen LogP contribution in [0, 0.1) is 5.92 Å². The van der Waals surface area contributed by atoms with Crippen LogP contribution in [0.4, 0.5) is 5.69 Å². The number of esters is 1. The molecule has 2 heterocycles. The predicted octanol–water partition coefficient (Wildman–Crippen LogP) is 3.96. The number of carbonyl (C=O) groups is 1. The zero-order chi connectivity index (χ0) is 16.9. The number of carbonyl (C=O) groups excluding carboxylic acids is 1. The molecule has 0 aliphatic carbocycles. The van der Waals surface area contributed by atoms with E-state index in [-0.39, 0.29) is 5.97 Å². The Hall–Kier alpha value is -1.85. The number of thiophene rings is 1. The van der Waals surface area contributed by atoms with Gasteiger partial charge in [-0.1, -0.05) is 30.3 Å². The molecule has 1 aromatic carbocycles. The summed E-state index contributed by atoms with van der Waals surface area (Å²) in [7, 11) is 3.61. The van der Waals surface area contributed by atoms with E-state index in [1.54, 1.807) is 0 Å². The largest absolute Gasteiger partial charge is 0.465 e. The molecule has 0 bridgehead atoms. The maximum absolute atomic E-state index is 12.1. The summed E-state index contributed by atoms with van der Waals surface area (Å²) in [5, 5.41) is 3.49. The van der Waals surface area contributed by atoms with E-state index < -0.39 is 0 Å². The van der Waals surface area contributed by atoms with E-state index in [9.17, 15) is 4.79 Å². The third-order valence-electron chi connectivity index (χ3n) is 4.46. The highest BCUT2D eigenvalue weighted by atomic mass is 32.1. The van der Waals surface area contributed by atoms with Crippen LogP contribution in [0.2, 0.25) is 0 Å². The Kier molecular flexibility index (Phi) is 5.53. The van der Waals surface area contributed by atoms with Crippen LogP contribution in [0.15, 0.2) is 36.4 Å². The summed E-state index contributed by atoms with van der Waals surface area (Å²) in [6.45, 7) is 3.18. The van der Waals surface area contributed by atoms with Gasteiger partial charge in [0.1, 0.15) is 4.88 Å². The summed E-state index contributed by atoms with van der Waals surface area (Å²) >= 11 is 1.48. The first-order chi connectivity index (χ1) is 11.7. The highest BCUT2D eigenvalue weighted by Crippen LogP contribution is 2.35. The fourth-order valence-electron chi connectivity index (χ4n) is 3.21. The molecule has 128 valence electrons. The van der Waals surface area contributed by atoms with Crippen molar-refractivity contribution in [2.75, 3.05) is 39.1 Å². The zero-order valence-electron chi connectivity index (χ0n) is 14.2. The first-order valence-corrected chi connectivity index (χ1v) is 9.19. The maximum atomic E-state index is 12.1. The molecule has 2 aromatic rings. The van der Waals surface area contributed by atoms with E-state index in [2.05, 4.69) is 35.5 Å². The van der Waals surface area contributed by atoms with E-state index in [1.807, 2.05) is 18.2 Å².